The predicted octanol–water partition coefficient (Wildman–Crippen LogP) is 3.34. The summed E-state index contributed by atoms with van der Waals surface area (Å²) in [7, 11) is 0.283. The fraction of sp³-hybridized carbons (Fsp3) is 0.235. The number of hydrogen-bond acceptors (Lipinski definition) is 6. The van der Waals surface area contributed by atoms with Crippen molar-refractivity contribution in [2.24, 2.45) is 0 Å². The molecule has 0 saturated heterocycles. The Kier molecular flexibility index (Phi) is 4.47. The molecule has 0 N–H and O–H groups in total. The van der Waals surface area contributed by atoms with Crippen LogP contribution in [0.5, 0.6) is 5.75 Å². The molecule has 0 aliphatic rings. The van der Waals surface area contributed by atoms with Crippen LogP contribution in [0.25, 0.3) is 10.2 Å². The van der Waals surface area contributed by atoms with Gasteiger partial charge in [-0.2, -0.15) is 0 Å². The Bertz CT molecular complexity index is 980. The number of hydrogen-bond donors (Lipinski definition) is 0. The first kappa shape index (κ1) is 16.7. The van der Waals surface area contributed by atoms with Crippen LogP contribution in [0.2, 0.25) is 0 Å². The van der Waals surface area contributed by atoms with Crippen LogP contribution in [0.1, 0.15) is 5.56 Å². The first-order valence-corrected chi connectivity index (χ1v) is 10.0. The summed E-state index contributed by atoms with van der Waals surface area (Å²) in [6, 6.07) is 13.1. The molecule has 1 heterocycles. The zero-order valence-electron chi connectivity index (χ0n) is 13.7. The molecule has 3 aromatic rings. The average Bonchev–Trinajstić information content (AvgIpc) is 2.98. The van der Waals surface area contributed by atoms with E-state index in [4.69, 9.17) is 4.74 Å². The van der Waals surface area contributed by atoms with Crippen LogP contribution in [0.15, 0.2) is 47.4 Å². The summed E-state index contributed by atoms with van der Waals surface area (Å²) < 4.78 is 30.0. The largest absolute Gasteiger partial charge is 0.497 e. The van der Waals surface area contributed by atoms with Gasteiger partial charge < -0.3 is 9.64 Å². The normalized spacial score (nSPS) is 11.6. The van der Waals surface area contributed by atoms with Crippen LogP contribution < -0.4 is 9.64 Å². The highest BCUT2D eigenvalue weighted by Gasteiger charge is 2.17. The van der Waals surface area contributed by atoms with Gasteiger partial charge in [-0.25, -0.2) is 13.4 Å². The van der Waals surface area contributed by atoms with E-state index in [2.05, 4.69) is 4.98 Å². The first-order valence-electron chi connectivity index (χ1n) is 7.32. The Balaban J connectivity index is 1.94. The van der Waals surface area contributed by atoms with Gasteiger partial charge in [-0.3, -0.25) is 0 Å². The highest BCUT2D eigenvalue weighted by molar-refractivity contribution is 7.91. The van der Waals surface area contributed by atoms with E-state index in [1.54, 1.807) is 19.2 Å². The van der Waals surface area contributed by atoms with Gasteiger partial charge >= 0.3 is 0 Å². The fourth-order valence-corrected chi connectivity index (χ4v) is 4.34. The summed E-state index contributed by atoms with van der Waals surface area (Å²) in [5, 5.41) is 0.781. The van der Waals surface area contributed by atoms with E-state index in [0.717, 1.165) is 21.1 Å². The predicted molar refractivity (Wildman–Crippen MR) is 97.8 cm³/mol. The van der Waals surface area contributed by atoms with Crippen molar-refractivity contribution in [3.63, 3.8) is 0 Å². The Hall–Kier alpha value is -2.12. The molecule has 24 heavy (non-hydrogen) atoms. The molecule has 0 radical (unpaired) electrons. The van der Waals surface area contributed by atoms with E-state index in [1.165, 1.54) is 17.6 Å². The van der Waals surface area contributed by atoms with Gasteiger partial charge in [0.25, 0.3) is 0 Å². The summed E-state index contributed by atoms with van der Waals surface area (Å²) >= 11 is 1.48. The molecule has 0 unspecified atom stereocenters. The van der Waals surface area contributed by atoms with Crippen molar-refractivity contribution in [3.05, 3.63) is 48.0 Å². The molecule has 5 nitrogen and oxygen atoms in total. The van der Waals surface area contributed by atoms with Gasteiger partial charge in [0.1, 0.15) is 11.3 Å². The van der Waals surface area contributed by atoms with E-state index in [1.807, 2.05) is 42.3 Å². The molecule has 0 atom stereocenters. The van der Waals surface area contributed by atoms with Crippen LogP contribution in [-0.2, 0) is 16.4 Å². The molecule has 0 aliphatic carbocycles. The first-order chi connectivity index (χ1) is 11.4. The van der Waals surface area contributed by atoms with Crippen molar-refractivity contribution >= 4 is 36.5 Å². The molecule has 126 valence electrons. The summed E-state index contributed by atoms with van der Waals surface area (Å²) in [5.41, 5.74) is 1.64. The number of rotatable bonds is 5. The lowest BCUT2D eigenvalue weighted by Crippen LogP contribution is -2.16. The number of benzene rings is 2. The molecule has 0 saturated carbocycles. The van der Waals surface area contributed by atoms with E-state index in [9.17, 15) is 8.42 Å². The number of anilines is 1. The standard InChI is InChI=1S/C17H18N2O3S2/c1-19(11-12-6-4-7-13(10-12)22-2)17-18-16-14(23-17)8-5-9-15(16)24(3,20)21/h4-10H,11H2,1-3H3. The number of aromatic nitrogens is 1. The maximum atomic E-state index is 11.9. The Labute approximate surface area is 145 Å². The number of fused-ring (bicyclic) bond motifs is 1. The number of thiazole rings is 1. The fourth-order valence-electron chi connectivity index (χ4n) is 2.49. The Morgan fingerprint density at radius 3 is 2.67 bits per heavy atom. The topological polar surface area (TPSA) is 59.5 Å². The van der Waals surface area contributed by atoms with Gasteiger partial charge in [-0.1, -0.05) is 29.5 Å². The average molecular weight is 362 g/mol. The molecule has 2 aromatic carbocycles. The zero-order chi connectivity index (χ0) is 17.3. The SMILES string of the molecule is COc1cccc(CN(C)c2nc3c(S(C)(=O)=O)cccc3s2)c1. The van der Waals surface area contributed by atoms with Crippen molar-refractivity contribution in [2.75, 3.05) is 25.3 Å². The van der Waals surface area contributed by atoms with Crippen LogP contribution >= 0.6 is 11.3 Å². The Morgan fingerprint density at radius 1 is 1.21 bits per heavy atom. The van der Waals surface area contributed by atoms with Crippen molar-refractivity contribution in [1.82, 2.24) is 4.98 Å². The van der Waals surface area contributed by atoms with E-state index in [0.29, 0.717) is 12.1 Å². The van der Waals surface area contributed by atoms with Crippen molar-refractivity contribution in [1.29, 1.82) is 0 Å². The number of nitrogens with zero attached hydrogens (tertiary/aromatic N) is 2. The van der Waals surface area contributed by atoms with Gasteiger partial charge in [0.2, 0.25) is 0 Å². The molecule has 1 aromatic heterocycles. The van der Waals surface area contributed by atoms with Gasteiger partial charge in [0.05, 0.1) is 16.7 Å². The lowest BCUT2D eigenvalue weighted by atomic mass is 10.2. The van der Waals surface area contributed by atoms with Crippen molar-refractivity contribution < 1.29 is 13.2 Å². The van der Waals surface area contributed by atoms with E-state index in [-0.39, 0.29) is 4.90 Å². The minimum Gasteiger partial charge on any atom is -0.497 e. The van der Waals surface area contributed by atoms with Crippen LogP contribution in [-0.4, -0.2) is 33.8 Å². The van der Waals surface area contributed by atoms with Crippen molar-refractivity contribution in [3.8, 4) is 5.75 Å². The smallest absolute Gasteiger partial charge is 0.186 e. The summed E-state index contributed by atoms with van der Waals surface area (Å²) in [4.78, 5) is 6.83. The van der Waals surface area contributed by atoms with Crippen LogP contribution in [0.3, 0.4) is 0 Å². The second kappa shape index (κ2) is 6.41. The van der Waals surface area contributed by atoms with Gasteiger partial charge in [0, 0.05) is 19.8 Å². The quantitative estimate of drug-likeness (QED) is 0.697. The highest BCUT2D eigenvalue weighted by Crippen LogP contribution is 2.32. The van der Waals surface area contributed by atoms with Crippen molar-refractivity contribution in [2.45, 2.75) is 11.4 Å². The summed E-state index contributed by atoms with van der Waals surface area (Å²) in [6.45, 7) is 0.658. The second-order valence-electron chi connectivity index (χ2n) is 5.58. The van der Waals surface area contributed by atoms with Crippen LogP contribution in [0, 0.1) is 0 Å². The maximum Gasteiger partial charge on any atom is 0.186 e. The molecular weight excluding hydrogens is 344 g/mol. The third kappa shape index (κ3) is 3.37. The van der Waals surface area contributed by atoms with E-state index < -0.39 is 9.84 Å². The number of sulfone groups is 1. The van der Waals surface area contributed by atoms with Gasteiger partial charge in [0.15, 0.2) is 15.0 Å². The minimum absolute atomic E-state index is 0.275. The molecular formula is C17H18N2O3S2. The lowest BCUT2D eigenvalue weighted by molar-refractivity contribution is 0.414. The maximum absolute atomic E-state index is 11.9. The zero-order valence-corrected chi connectivity index (χ0v) is 15.3. The minimum atomic E-state index is -3.30. The number of ether oxygens (including phenoxy) is 1. The summed E-state index contributed by atoms with van der Waals surface area (Å²) in [5.74, 6) is 0.810. The highest BCUT2D eigenvalue weighted by atomic mass is 32.2. The number of methoxy groups -OCH3 is 1. The lowest BCUT2D eigenvalue weighted by Gasteiger charge is -2.16. The third-order valence-electron chi connectivity index (χ3n) is 3.65. The number of para-hydroxylation sites is 1. The molecule has 0 spiro atoms. The molecule has 0 fully saturated rings. The third-order valence-corrected chi connectivity index (χ3v) is 5.91. The second-order valence-corrected chi connectivity index (χ2v) is 8.57. The molecule has 7 heteroatoms. The van der Waals surface area contributed by atoms with Gasteiger partial charge in [-0.15, -0.1) is 0 Å². The molecule has 0 bridgehead atoms. The summed E-state index contributed by atoms with van der Waals surface area (Å²) in [6.07, 6.45) is 1.21. The molecule has 3 rings (SSSR count). The molecule has 0 amide bonds. The Morgan fingerprint density at radius 2 is 1.96 bits per heavy atom. The molecule has 0 aliphatic heterocycles. The monoisotopic (exact) mass is 362 g/mol. The van der Waals surface area contributed by atoms with E-state index >= 15 is 0 Å². The van der Waals surface area contributed by atoms with Gasteiger partial charge in [-0.05, 0) is 29.8 Å². The van der Waals surface area contributed by atoms with Crippen LogP contribution in [0.4, 0.5) is 5.13 Å².